The quantitative estimate of drug-likeness (QED) is 0.875. The van der Waals surface area contributed by atoms with Gasteiger partial charge in [-0.15, -0.1) is 0 Å². The fourth-order valence-electron chi connectivity index (χ4n) is 2.44. The summed E-state index contributed by atoms with van der Waals surface area (Å²) in [5.41, 5.74) is 4.70. The Morgan fingerprint density at radius 2 is 1.73 bits per heavy atom. The number of hydrogen-bond acceptors (Lipinski definition) is 4. The summed E-state index contributed by atoms with van der Waals surface area (Å²) in [4.78, 5) is 24.3. The Balaban J connectivity index is 1.77. The number of nitrogens with one attached hydrogen (secondary N) is 1. The zero-order chi connectivity index (χ0) is 15.5. The molecule has 22 heavy (non-hydrogen) atoms. The number of hydrogen-bond donors (Lipinski definition) is 1. The average Bonchev–Trinajstić information content (AvgIpc) is 2.84. The van der Waals surface area contributed by atoms with Gasteiger partial charge < -0.3 is 4.74 Å². The van der Waals surface area contributed by atoms with E-state index in [-0.39, 0.29) is 0 Å². The number of Topliss-reactive ketones (excluding diaryl/α,β-unsaturated/α-hetero) is 1. The van der Waals surface area contributed by atoms with Crippen molar-refractivity contribution in [2.75, 3.05) is 7.11 Å². The molecule has 0 saturated carbocycles. The van der Waals surface area contributed by atoms with Gasteiger partial charge >= 0.3 is 5.91 Å². The second kappa shape index (κ2) is 5.99. The van der Waals surface area contributed by atoms with Crippen molar-refractivity contribution < 1.29 is 14.3 Å². The molecule has 0 bridgehead atoms. The fraction of sp³-hybridized carbons (Fsp3) is 0.176. The van der Waals surface area contributed by atoms with Crippen molar-refractivity contribution in [3.63, 3.8) is 0 Å². The molecular weight excluding hydrogens is 280 g/mol. The Hall–Kier alpha value is -2.66. The standard InChI is InChI=1S/C17H16N2O3/c1-22-14-9-7-13(8-10-14)15-16(20)17(21)19(18-15)11-12-5-3-2-4-6-12/h2-10,15,18H,11H2,1H3. The summed E-state index contributed by atoms with van der Waals surface area (Å²) in [7, 11) is 1.58. The molecule has 1 saturated heterocycles. The normalized spacial score (nSPS) is 17.9. The Bertz CT molecular complexity index is 683. The Morgan fingerprint density at radius 1 is 1.05 bits per heavy atom. The zero-order valence-corrected chi connectivity index (χ0v) is 12.2. The van der Waals surface area contributed by atoms with Crippen molar-refractivity contribution in [2.45, 2.75) is 12.6 Å². The van der Waals surface area contributed by atoms with Crippen molar-refractivity contribution in [2.24, 2.45) is 0 Å². The van der Waals surface area contributed by atoms with E-state index in [9.17, 15) is 9.59 Å². The molecular formula is C17H16N2O3. The van der Waals surface area contributed by atoms with Crippen LogP contribution in [0.25, 0.3) is 0 Å². The highest BCUT2D eigenvalue weighted by atomic mass is 16.5. The number of hydrazine groups is 1. The topological polar surface area (TPSA) is 58.6 Å². The molecule has 5 heteroatoms. The molecule has 112 valence electrons. The summed E-state index contributed by atoms with van der Waals surface area (Å²) >= 11 is 0. The van der Waals surface area contributed by atoms with E-state index in [0.717, 1.165) is 11.1 Å². The van der Waals surface area contributed by atoms with Crippen LogP contribution in [0.3, 0.4) is 0 Å². The third-order valence-electron chi connectivity index (χ3n) is 3.64. The van der Waals surface area contributed by atoms with E-state index in [4.69, 9.17) is 4.74 Å². The van der Waals surface area contributed by atoms with Gasteiger partial charge in [0.1, 0.15) is 11.8 Å². The van der Waals surface area contributed by atoms with Crippen LogP contribution in [0.15, 0.2) is 54.6 Å². The zero-order valence-electron chi connectivity index (χ0n) is 12.2. The first kappa shape index (κ1) is 14.3. The predicted octanol–water partition coefficient (Wildman–Crippen LogP) is 1.85. The van der Waals surface area contributed by atoms with E-state index in [0.29, 0.717) is 12.3 Å². The van der Waals surface area contributed by atoms with Crippen molar-refractivity contribution in [1.29, 1.82) is 0 Å². The van der Waals surface area contributed by atoms with Gasteiger partial charge in [-0.2, -0.15) is 0 Å². The molecule has 1 heterocycles. The van der Waals surface area contributed by atoms with E-state index in [2.05, 4.69) is 5.43 Å². The summed E-state index contributed by atoms with van der Waals surface area (Å²) in [5, 5.41) is 1.37. The van der Waals surface area contributed by atoms with Gasteiger partial charge in [-0.1, -0.05) is 42.5 Å². The molecule has 2 aromatic rings. The molecule has 5 nitrogen and oxygen atoms in total. The van der Waals surface area contributed by atoms with E-state index in [1.54, 1.807) is 31.4 Å². The number of nitrogens with zero attached hydrogens (tertiary/aromatic N) is 1. The van der Waals surface area contributed by atoms with E-state index < -0.39 is 17.7 Å². The highest BCUT2D eigenvalue weighted by Gasteiger charge is 2.39. The molecule has 0 radical (unpaired) electrons. The van der Waals surface area contributed by atoms with Gasteiger partial charge in [0, 0.05) is 0 Å². The molecule has 1 N–H and O–H groups in total. The highest BCUT2D eigenvalue weighted by molar-refractivity contribution is 6.39. The maximum atomic E-state index is 12.2. The number of amides is 1. The summed E-state index contributed by atoms with van der Waals surface area (Å²) in [5.74, 6) is -0.243. The van der Waals surface area contributed by atoms with E-state index >= 15 is 0 Å². The fourth-order valence-corrected chi connectivity index (χ4v) is 2.44. The van der Waals surface area contributed by atoms with Gasteiger partial charge in [0.2, 0.25) is 5.78 Å². The second-order valence-electron chi connectivity index (χ2n) is 5.08. The minimum absolute atomic E-state index is 0.359. The largest absolute Gasteiger partial charge is 0.497 e. The molecule has 2 aromatic carbocycles. The predicted molar refractivity (Wildman–Crippen MR) is 80.9 cm³/mol. The first-order chi connectivity index (χ1) is 10.7. The van der Waals surface area contributed by atoms with Crippen molar-refractivity contribution in [3.8, 4) is 5.75 Å². The SMILES string of the molecule is COc1ccc(C2NN(Cc3ccccc3)C(=O)C2=O)cc1. The molecule has 1 fully saturated rings. The van der Waals surface area contributed by atoms with Gasteiger partial charge in [-0.05, 0) is 23.3 Å². The molecule has 0 spiro atoms. The number of ether oxygens (including phenoxy) is 1. The van der Waals surface area contributed by atoms with Gasteiger partial charge in [0.25, 0.3) is 0 Å². The molecule has 0 aromatic heterocycles. The minimum Gasteiger partial charge on any atom is -0.497 e. The molecule has 1 aliphatic heterocycles. The maximum Gasteiger partial charge on any atom is 0.306 e. The van der Waals surface area contributed by atoms with Crippen LogP contribution in [0.4, 0.5) is 0 Å². The van der Waals surface area contributed by atoms with Crippen LogP contribution in [0.1, 0.15) is 17.2 Å². The third kappa shape index (κ3) is 2.71. The van der Waals surface area contributed by atoms with Crippen LogP contribution in [0.5, 0.6) is 5.75 Å². The van der Waals surface area contributed by atoms with Crippen LogP contribution in [0, 0.1) is 0 Å². The van der Waals surface area contributed by atoms with E-state index in [1.165, 1.54) is 5.01 Å². The third-order valence-corrected chi connectivity index (χ3v) is 3.64. The number of ketones is 1. The average molecular weight is 296 g/mol. The summed E-state index contributed by atoms with van der Waals surface area (Å²) in [6, 6.07) is 16.0. The van der Waals surface area contributed by atoms with Gasteiger partial charge in [-0.25, -0.2) is 5.43 Å². The van der Waals surface area contributed by atoms with Crippen LogP contribution < -0.4 is 10.2 Å². The second-order valence-corrected chi connectivity index (χ2v) is 5.08. The molecule has 1 atom stereocenters. The number of rotatable bonds is 4. The lowest BCUT2D eigenvalue weighted by Crippen LogP contribution is -2.34. The van der Waals surface area contributed by atoms with Gasteiger partial charge in [0.05, 0.1) is 13.7 Å². The highest BCUT2D eigenvalue weighted by Crippen LogP contribution is 2.24. The van der Waals surface area contributed by atoms with E-state index in [1.807, 2.05) is 30.3 Å². The summed E-state index contributed by atoms with van der Waals surface area (Å²) in [6.45, 7) is 0.359. The van der Waals surface area contributed by atoms with Gasteiger partial charge in [-0.3, -0.25) is 14.6 Å². The maximum absolute atomic E-state index is 12.2. The monoisotopic (exact) mass is 296 g/mol. The lowest BCUT2D eigenvalue weighted by Gasteiger charge is -2.17. The molecule has 3 rings (SSSR count). The lowest BCUT2D eigenvalue weighted by atomic mass is 10.0. The Kier molecular flexibility index (Phi) is 3.89. The van der Waals surface area contributed by atoms with Gasteiger partial charge in [0.15, 0.2) is 0 Å². The Morgan fingerprint density at radius 3 is 2.36 bits per heavy atom. The Labute approximate surface area is 128 Å². The van der Waals surface area contributed by atoms with Crippen LogP contribution in [0.2, 0.25) is 0 Å². The van der Waals surface area contributed by atoms with Crippen LogP contribution in [-0.4, -0.2) is 23.8 Å². The number of benzene rings is 2. The van der Waals surface area contributed by atoms with Crippen molar-refractivity contribution in [1.82, 2.24) is 10.4 Å². The number of carbonyl (C=O) groups is 2. The van der Waals surface area contributed by atoms with Crippen molar-refractivity contribution >= 4 is 11.7 Å². The summed E-state index contributed by atoms with van der Waals surface area (Å²) < 4.78 is 5.10. The smallest absolute Gasteiger partial charge is 0.306 e. The number of carbonyl (C=O) groups excluding carboxylic acids is 2. The lowest BCUT2D eigenvalue weighted by molar-refractivity contribution is -0.141. The first-order valence-electron chi connectivity index (χ1n) is 6.99. The minimum atomic E-state index is -0.637. The summed E-state index contributed by atoms with van der Waals surface area (Å²) in [6.07, 6.45) is 0. The number of methoxy groups -OCH3 is 1. The molecule has 0 aliphatic carbocycles. The van der Waals surface area contributed by atoms with Crippen LogP contribution >= 0.6 is 0 Å². The van der Waals surface area contributed by atoms with Crippen molar-refractivity contribution in [3.05, 3.63) is 65.7 Å². The van der Waals surface area contributed by atoms with Crippen LogP contribution in [-0.2, 0) is 16.1 Å². The first-order valence-corrected chi connectivity index (χ1v) is 6.99. The molecule has 1 aliphatic rings. The molecule has 1 amide bonds. The molecule has 1 unspecified atom stereocenters.